The van der Waals surface area contributed by atoms with E-state index in [0.29, 0.717) is 25.3 Å². The second-order valence-electron chi connectivity index (χ2n) is 7.40. The first-order valence-corrected chi connectivity index (χ1v) is 8.48. The van der Waals surface area contributed by atoms with Gasteiger partial charge in [0.1, 0.15) is 18.3 Å². The topological polar surface area (TPSA) is 54.4 Å². The molecule has 0 radical (unpaired) electrons. The molecule has 0 spiro atoms. The first-order valence-electron chi connectivity index (χ1n) is 8.48. The summed E-state index contributed by atoms with van der Waals surface area (Å²) >= 11 is 0. The molecule has 0 bridgehead atoms. The van der Waals surface area contributed by atoms with Crippen molar-refractivity contribution in [3.63, 3.8) is 0 Å². The number of aryl methyl sites for hydroxylation is 1. The molecule has 0 aliphatic carbocycles. The standard InChI is InChI=1S/C19H27NO3/c1-6-18(21,7-2)19(16-20-17(4,5)12-22-16)15(23-19)14-10-8-13(3)9-11-14/h8-11,15,21H,6-7,12H2,1-5H3/t15-,19-/m0/s1. The molecule has 4 heteroatoms. The smallest absolute Gasteiger partial charge is 0.223 e. The fourth-order valence-electron chi connectivity index (χ4n) is 3.46. The zero-order chi connectivity index (χ0) is 16.9. The van der Waals surface area contributed by atoms with Gasteiger partial charge in [-0.3, -0.25) is 0 Å². The number of aliphatic hydroxyl groups is 1. The van der Waals surface area contributed by atoms with E-state index in [2.05, 4.69) is 31.2 Å². The molecule has 2 aliphatic rings. The van der Waals surface area contributed by atoms with E-state index < -0.39 is 11.2 Å². The second kappa shape index (κ2) is 5.32. The van der Waals surface area contributed by atoms with E-state index in [1.807, 2.05) is 27.7 Å². The van der Waals surface area contributed by atoms with Gasteiger partial charge >= 0.3 is 0 Å². The molecule has 1 fully saturated rings. The van der Waals surface area contributed by atoms with E-state index in [9.17, 15) is 5.11 Å². The summed E-state index contributed by atoms with van der Waals surface area (Å²) in [4.78, 5) is 4.72. The average Bonchev–Trinajstić information content (AvgIpc) is 3.19. The maximum Gasteiger partial charge on any atom is 0.223 e. The molecule has 0 amide bonds. The Bertz CT molecular complexity index is 616. The van der Waals surface area contributed by atoms with Crippen LogP contribution < -0.4 is 0 Å². The van der Waals surface area contributed by atoms with Crippen molar-refractivity contribution >= 4 is 5.90 Å². The van der Waals surface area contributed by atoms with Crippen molar-refractivity contribution in [3.05, 3.63) is 35.4 Å². The fraction of sp³-hybridized carbons (Fsp3) is 0.632. The van der Waals surface area contributed by atoms with Crippen LogP contribution in [0.2, 0.25) is 0 Å². The highest BCUT2D eigenvalue weighted by molar-refractivity contribution is 5.92. The van der Waals surface area contributed by atoms with Crippen molar-refractivity contribution < 1.29 is 14.6 Å². The van der Waals surface area contributed by atoms with Gasteiger partial charge in [0, 0.05) is 0 Å². The Morgan fingerprint density at radius 1 is 1.22 bits per heavy atom. The molecule has 0 unspecified atom stereocenters. The van der Waals surface area contributed by atoms with Crippen LogP contribution in [-0.2, 0) is 9.47 Å². The Morgan fingerprint density at radius 2 is 1.83 bits per heavy atom. The van der Waals surface area contributed by atoms with Crippen LogP contribution in [0.1, 0.15) is 57.8 Å². The van der Waals surface area contributed by atoms with E-state index in [1.165, 1.54) is 5.56 Å². The molecule has 1 aromatic rings. The average molecular weight is 317 g/mol. The highest BCUT2D eigenvalue weighted by atomic mass is 16.7. The summed E-state index contributed by atoms with van der Waals surface area (Å²) in [6, 6.07) is 8.27. The maximum absolute atomic E-state index is 11.3. The fourth-order valence-corrected chi connectivity index (χ4v) is 3.46. The van der Waals surface area contributed by atoms with E-state index in [-0.39, 0.29) is 11.6 Å². The second-order valence-corrected chi connectivity index (χ2v) is 7.40. The molecule has 1 aromatic carbocycles. The summed E-state index contributed by atoms with van der Waals surface area (Å²) in [5, 5.41) is 11.3. The Labute approximate surface area is 138 Å². The van der Waals surface area contributed by atoms with Gasteiger partial charge in [0.25, 0.3) is 0 Å². The largest absolute Gasteiger partial charge is 0.476 e. The van der Waals surface area contributed by atoms with Gasteiger partial charge in [0.2, 0.25) is 11.5 Å². The van der Waals surface area contributed by atoms with Crippen molar-refractivity contribution in [2.24, 2.45) is 4.99 Å². The molecule has 3 rings (SSSR count). The van der Waals surface area contributed by atoms with Gasteiger partial charge in [0.15, 0.2) is 0 Å². The molecule has 126 valence electrons. The molecule has 2 atom stereocenters. The van der Waals surface area contributed by atoms with Gasteiger partial charge in [-0.25, -0.2) is 4.99 Å². The van der Waals surface area contributed by atoms with Crippen LogP contribution in [0.25, 0.3) is 0 Å². The Morgan fingerprint density at radius 3 is 2.30 bits per heavy atom. The van der Waals surface area contributed by atoms with Crippen LogP contribution in [0.5, 0.6) is 0 Å². The number of aliphatic imine (C=N–C) groups is 1. The molecule has 1 N–H and O–H groups in total. The van der Waals surface area contributed by atoms with Crippen LogP contribution in [0.4, 0.5) is 0 Å². The van der Waals surface area contributed by atoms with E-state index in [4.69, 9.17) is 14.5 Å². The van der Waals surface area contributed by atoms with Gasteiger partial charge in [0.05, 0.1) is 5.54 Å². The lowest BCUT2D eigenvalue weighted by Gasteiger charge is -2.32. The molecule has 2 aliphatic heterocycles. The highest BCUT2D eigenvalue weighted by Crippen LogP contribution is 2.59. The Balaban J connectivity index is 2.03. The minimum Gasteiger partial charge on any atom is -0.476 e. The minimum atomic E-state index is -0.984. The summed E-state index contributed by atoms with van der Waals surface area (Å²) in [6.07, 6.45) is 0.976. The quantitative estimate of drug-likeness (QED) is 0.845. The summed E-state index contributed by atoms with van der Waals surface area (Å²) in [5.74, 6) is 0.555. The number of hydrogen-bond donors (Lipinski definition) is 1. The number of ether oxygens (including phenoxy) is 2. The molecular formula is C19H27NO3. The molecule has 1 saturated heterocycles. The third kappa shape index (κ3) is 2.48. The normalized spacial score (nSPS) is 29.1. The summed E-state index contributed by atoms with van der Waals surface area (Å²) in [6.45, 7) is 10.6. The first-order chi connectivity index (χ1) is 10.8. The van der Waals surface area contributed by atoms with E-state index in [0.717, 1.165) is 5.56 Å². The highest BCUT2D eigenvalue weighted by Gasteiger charge is 2.73. The zero-order valence-corrected chi connectivity index (χ0v) is 14.7. The predicted octanol–water partition coefficient (Wildman–Crippen LogP) is 3.56. The Kier molecular flexibility index (Phi) is 3.81. The van der Waals surface area contributed by atoms with Gasteiger partial charge < -0.3 is 14.6 Å². The molecule has 0 saturated carbocycles. The van der Waals surface area contributed by atoms with Crippen LogP contribution in [0.15, 0.2) is 29.3 Å². The van der Waals surface area contributed by atoms with Crippen molar-refractivity contribution in [1.82, 2.24) is 0 Å². The molecule has 0 aromatic heterocycles. The number of epoxide rings is 1. The molecular weight excluding hydrogens is 290 g/mol. The molecule has 2 heterocycles. The first kappa shape index (κ1) is 16.5. The van der Waals surface area contributed by atoms with Crippen molar-refractivity contribution in [1.29, 1.82) is 0 Å². The number of nitrogens with zero attached hydrogens (tertiary/aromatic N) is 1. The molecule has 4 nitrogen and oxygen atoms in total. The van der Waals surface area contributed by atoms with Crippen LogP contribution in [-0.4, -0.2) is 34.4 Å². The monoisotopic (exact) mass is 317 g/mol. The van der Waals surface area contributed by atoms with E-state index in [1.54, 1.807) is 0 Å². The summed E-state index contributed by atoms with van der Waals surface area (Å²) < 4.78 is 12.0. The van der Waals surface area contributed by atoms with Crippen molar-refractivity contribution in [3.8, 4) is 0 Å². The van der Waals surface area contributed by atoms with Crippen molar-refractivity contribution in [2.75, 3.05) is 6.61 Å². The number of hydrogen-bond acceptors (Lipinski definition) is 4. The number of rotatable bonds is 5. The third-order valence-electron chi connectivity index (χ3n) is 5.14. The van der Waals surface area contributed by atoms with E-state index >= 15 is 0 Å². The van der Waals surface area contributed by atoms with Gasteiger partial charge in [-0.05, 0) is 39.2 Å². The van der Waals surface area contributed by atoms with Gasteiger partial charge in [-0.15, -0.1) is 0 Å². The van der Waals surface area contributed by atoms with Crippen LogP contribution in [0.3, 0.4) is 0 Å². The van der Waals surface area contributed by atoms with Crippen molar-refractivity contribution in [2.45, 2.75) is 70.3 Å². The van der Waals surface area contributed by atoms with Gasteiger partial charge in [-0.2, -0.15) is 0 Å². The van der Waals surface area contributed by atoms with Gasteiger partial charge in [-0.1, -0.05) is 43.7 Å². The molecule has 23 heavy (non-hydrogen) atoms. The number of benzene rings is 1. The lowest BCUT2D eigenvalue weighted by atomic mass is 9.78. The van der Waals surface area contributed by atoms with Crippen LogP contribution >= 0.6 is 0 Å². The summed E-state index contributed by atoms with van der Waals surface area (Å²) in [7, 11) is 0. The zero-order valence-electron chi connectivity index (χ0n) is 14.7. The lowest BCUT2D eigenvalue weighted by Crippen LogP contribution is -2.50. The Hall–Kier alpha value is -1.39. The maximum atomic E-state index is 11.3. The minimum absolute atomic E-state index is 0.208. The van der Waals surface area contributed by atoms with Crippen LogP contribution in [0, 0.1) is 6.92 Å². The SMILES string of the molecule is CCC(O)(CC)[C@]1(C2=NC(C)(C)CO2)O[C@H]1c1ccc(C)cc1. The summed E-state index contributed by atoms with van der Waals surface area (Å²) in [5.41, 5.74) is 0.152. The third-order valence-corrected chi connectivity index (χ3v) is 5.14. The predicted molar refractivity (Wildman–Crippen MR) is 90.7 cm³/mol. The lowest BCUT2D eigenvalue weighted by molar-refractivity contribution is -0.0243.